The lowest BCUT2D eigenvalue weighted by atomic mass is 10.0. The molecule has 1 aromatic heterocycles. The first-order valence-corrected chi connectivity index (χ1v) is 10.3. The molecule has 1 fully saturated rings. The number of benzene rings is 1. The van der Waals surface area contributed by atoms with Crippen LogP contribution in [0.2, 0.25) is 0 Å². The molecule has 140 valence electrons. The summed E-state index contributed by atoms with van der Waals surface area (Å²) < 4.78 is 5.69. The molecule has 1 amide bonds. The van der Waals surface area contributed by atoms with E-state index in [-0.39, 0.29) is 11.9 Å². The average molecular weight is 373 g/mol. The van der Waals surface area contributed by atoms with Gasteiger partial charge in [-0.1, -0.05) is 35.9 Å². The number of likely N-dealkylation sites (tertiary alicyclic amines) is 1. The van der Waals surface area contributed by atoms with E-state index in [1.807, 2.05) is 13.0 Å². The highest BCUT2D eigenvalue weighted by Crippen LogP contribution is 2.26. The minimum atomic E-state index is -0.0796. The molecule has 4 nitrogen and oxygen atoms in total. The number of thiophene rings is 1. The third-order valence-electron chi connectivity index (χ3n) is 4.85. The summed E-state index contributed by atoms with van der Waals surface area (Å²) in [5, 5.41) is 5.29. The highest BCUT2D eigenvalue weighted by Gasteiger charge is 2.23. The number of nitrogens with zero attached hydrogens (tertiary/aromatic N) is 1. The monoisotopic (exact) mass is 372 g/mol. The molecule has 1 atom stereocenters. The summed E-state index contributed by atoms with van der Waals surface area (Å²) in [7, 11) is 0. The largest absolute Gasteiger partial charge is 0.378 e. The molecule has 1 saturated heterocycles. The van der Waals surface area contributed by atoms with Gasteiger partial charge in [-0.3, -0.25) is 9.69 Å². The Hall–Kier alpha value is -1.69. The van der Waals surface area contributed by atoms with E-state index in [1.165, 1.54) is 5.56 Å². The summed E-state index contributed by atoms with van der Waals surface area (Å²) in [6, 6.07) is 12.4. The van der Waals surface area contributed by atoms with Crippen LogP contribution in [0, 0.1) is 6.92 Å². The fraction of sp³-hybridized carbons (Fsp3) is 0.476. The zero-order valence-electron chi connectivity index (χ0n) is 15.6. The highest BCUT2D eigenvalue weighted by atomic mass is 32.1. The lowest BCUT2D eigenvalue weighted by Crippen LogP contribution is -2.44. The first-order valence-electron chi connectivity index (χ1n) is 9.39. The molecule has 0 spiro atoms. The Bertz CT molecular complexity index is 677. The maximum atomic E-state index is 12.7. The van der Waals surface area contributed by atoms with Crippen molar-refractivity contribution in [2.45, 2.75) is 38.8 Å². The van der Waals surface area contributed by atoms with Gasteiger partial charge in [0.1, 0.15) is 0 Å². The third kappa shape index (κ3) is 5.16. The van der Waals surface area contributed by atoms with Crippen molar-refractivity contribution in [2.24, 2.45) is 0 Å². The number of hydrogen-bond acceptors (Lipinski definition) is 4. The first kappa shape index (κ1) is 19.1. The van der Waals surface area contributed by atoms with Crippen LogP contribution in [0.3, 0.4) is 0 Å². The molecule has 0 bridgehead atoms. The highest BCUT2D eigenvalue weighted by molar-refractivity contribution is 7.10. The van der Waals surface area contributed by atoms with Crippen LogP contribution >= 0.6 is 11.3 Å². The van der Waals surface area contributed by atoms with E-state index in [1.54, 1.807) is 11.3 Å². The molecule has 1 unspecified atom stereocenters. The Morgan fingerprint density at radius 3 is 2.62 bits per heavy atom. The van der Waals surface area contributed by atoms with E-state index in [9.17, 15) is 4.79 Å². The second kappa shape index (κ2) is 9.31. The van der Waals surface area contributed by atoms with Crippen molar-refractivity contribution in [3.05, 3.63) is 57.8 Å². The van der Waals surface area contributed by atoms with Gasteiger partial charge in [0.15, 0.2) is 0 Å². The molecule has 0 saturated carbocycles. The molecule has 0 radical (unpaired) electrons. The maximum absolute atomic E-state index is 12.7. The van der Waals surface area contributed by atoms with Crippen molar-refractivity contribution >= 4 is 17.2 Å². The van der Waals surface area contributed by atoms with Crippen LogP contribution in [0.4, 0.5) is 0 Å². The normalized spacial score (nSPS) is 17.2. The average Bonchev–Trinajstić information content (AvgIpc) is 3.17. The van der Waals surface area contributed by atoms with Gasteiger partial charge in [0.05, 0.1) is 18.7 Å². The predicted octanol–water partition coefficient (Wildman–Crippen LogP) is 3.76. The van der Waals surface area contributed by atoms with Crippen molar-refractivity contribution in [2.75, 3.05) is 26.2 Å². The number of hydrogen-bond donors (Lipinski definition) is 1. The van der Waals surface area contributed by atoms with E-state index < -0.39 is 0 Å². The minimum absolute atomic E-state index is 0.0796. The molecule has 1 aliphatic heterocycles. The molecular formula is C21H28N2O2S. The number of nitrogens with one attached hydrogen (secondary N) is 1. The summed E-state index contributed by atoms with van der Waals surface area (Å²) in [6.45, 7) is 7.18. The van der Waals surface area contributed by atoms with Crippen LogP contribution in [0.15, 0.2) is 41.8 Å². The fourth-order valence-electron chi connectivity index (χ4n) is 3.41. The van der Waals surface area contributed by atoms with Gasteiger partial charge >= 0.3 is 0 Å². The van der Waals surface area contributed by atoms with Crippen LogP contribution in [0.1, 0.15) is 41.8 Å². The molecule has 1 aliphatic rings. The lowest BCUT2D eigenvalue weighted by Gasteiger charge is -2.31. The van der Waals surface area contributed by atoms with Gasteiger partial charge in [-0.2, -0.15) is 0 Å². The number of piperidine rings is 1. The van der Waals surface area contributed by atoms with Crippen molar-refractivity contribution < 1.29 is 9.53 Å². The van der Waals surface area contributed by atoms with E-state index in [2.05, 4.69) is 52.9 Å². The van der Waals surface area contributed by atoms with Crippen molar-refractivity contribution in [3.8, 4) is 0 Å². The minimum Gasteiger partial charge on any atom is -0.378 e. The summed E-state index contributed by atoms with van der Waals surface area (Å²) in [5.74, 6) is 0.0823. The quantitative estimate of drug-likeness (QED) is 0.804. The Morgan fingerprint density at radius 1 is 1.27 bits per heavy atom. The SMILES string of the molecule is CCOC1CCN(CC(=O)NC(c2ccc(C)cc2)c2cccs2)CC1. The van der Waals surface area contributed by atoms with E-state index >= 15 is 0 Å². The van der Waals surface area contributed by atoms with Gasteiger partial charge in [-0.05, 0) is 43.7 Å². The van der Waals surface area contributed by atoms with Crippen LogP contribution in [0.25, 0.3) is 0 Å². The topological polar surface area (TPSA) is 41.6 Å². The predicted molar refractivity (Wildman–Crippen MR) is 107 cm³/mol. The van der Waals surface area contributed by atoms with E-state index in [0.717, 1.165) is 43.0 Å². The molecular weight excluding hydrogens is 344 g/mol. The van der Waals surface area contributed by atoms with E-state index in [0.29, 0.717) is 12.6 Å². The summed E-state index contributed by atoms with van der Waals surface area (Å²) in [4.78, 5) is 16.1. The standard InChI is InChI=1S/C21H28N2O2S/c1-3-25-18-10-12-23(13-11-18)15-20(24)22-21(19-5-4-14-26-19)17-8-6-16(2)7-9-17/h4-9,14,18,21H,3,10-13,15H2,1-2H3,(H,22,24). The van der Waals surface area contributed by atoms with Gasteiger partial charge in [-0.15, -0.1) is 11.3 Å². The zero-order chi connectivity index (χ0) is 18.4. The molecule has 2 aromatic rings. The Morgan fingerprint density at radius 2 is 2.00 bits per heavy atom. The molecule has 2 heterocycles. The first-order chi connectivity index (χ1) is 12.7. The summed E-state index contributed by atoms with van der Waals surface area (Å²) in [6.07, 6.45) is 2.37. The molecule has 1 aromatic carbocycles. The number of amides is 1. The second-order valence-corrected chi connectivity index (χ2v) is 7.84. The van der Waals surface area contributed by atoms with Crippen LogP contribution in [-0.2, 0) is 9.53 Å². The Balaban J connectivity index is 1.60. The fourth-order valence-corrected chi connectivity index (χ4v) is 4.22. The number of rotatable bonds is 7. The van der Waals surface area contributed by atoms with Crippen molar-refractivity contribution in [3.63, 3.8) is 0 Å². The Kier molecular flexibility index (Phi) is 6.83. The van der Waals surface area contributed by atoms with Crippen LogP contribution in [0.5, 0.6) is 0 Å². The number of aryl methyl sites for hydroxylation is 1. The molecule has 1 N–H and O–H groups in total. The van der Waals surface area contributed by atoms with Crippen molar-refractivity contribution in [1.29, 1.82) is 0 Å². The van der Waals surface area contributed by atoms with Crippen LogP contribution in [-0.4, -0.2) is 43.2 Å². The zero-order valence-corrected chi connectivity index (χ0v) is 16.4. The third-order valence-corrected chi connectivity index (χ3v) is 5.79. The van der Waals surface area contributed by atoms with Gasteiger partial charge in [-0.25, -0.2) is 0 Å². The van der Waals surface area contributed by atoms with Crippen LogP contribution < -0.4 is 5.32 Å². The molecule has 0 aliphatic carbocycles. The molecule has 3 rings (SSSR count). The van der Waals surface area contributed by atoms with Gasteiger partial charge in [0.25, 0.3) is 0 Å². The second-order valence-electron chi connectivity index (χ2n) is 6.86. The lowest BCUT2D eigenvalue weighted by molar-refractivity contribution is -0.123. The van der Waals surface area contributed by atoms with Crippen molar-refractivity contribution in [1.82, 2.24) is 10.2 Å². The van der Waals surface area contributed by atoms with Gasteiger partial charge < -0.3 is 10.1 Å². The maximum Gasteiger partial charge on any atom is 0.234 e. The molecule has 5 heteroatoms. The Labute approximate surface area is 160 Å². The van der Waals surface area contributed by atoms with Gasteiger partial charge in [0, 0.05) is 24.6 Å². The number of ether oxygens (including phenoxy) is 1. The number of carbonyl (C=O) groups is 1. The number of carbonyl (C=O) groups excluding carboxylic acids is 1. The smallest absolute Gasteiger partial charge is 0.234 e. The molecule has 26 heavy (non-hydrogen) atoms. The summed E-state index contributed by atoms with van der Waals surface area (Å²) >= 11 is 1.68. The van der Waals surface area contributed by atoms with E-state index in [4.69, 9.17) is 4.74 Å². The van der Waals surface area contributed by atoms with Gasteiger partial charge in [0.2, 0.25) is 5.91 Å². The summed E-state index contributed by atoms with van der Waals surface area (Å²) in [5.41, 5.74) is 2.35.